The number of fused-ring (bicyclic) bond motifs is 1. The number of anilines is 1. The lowest BCUT2D eigenvalue weighted by Crippen LogP contribution is -2.41. The molecule has 1 aliphatic rings. The maximum Gasteiger partial charge on any atom is 0.250 e. The summed E-state index contributed by atoms with van der Waals surface area (Å²) in [5.41, 5.74) is 7.65. The predicted molar refractivity (Wildman–Crippen MR) is 110 cm³/mol. The van der Waals surface area contributed by atoms with Gasteiger partial charge >= 0.3 is 0 Å². The number of primary amides is 1. The van der Waals surface area contributed by atoms with Crippen LogP contribution in [-0.2, 0) is 0 Å². The van der Waals surface area contributed by atoms with E-state index < -0.39 is 5.91 Å². The number of hydrogen-bond donors (Lipinski definition) is 2. The van der Waals surface area contributed by atoms with Gasteiger partial charge in [0.2, 0.25) is 0 Å². The highest BCUT2D eigenvalue weighted by atomic mass is 79.9. The number of likely N-dealkylation sites (tertiary alicyclic amines) is 1. The van der Waals surface area contributed by atoms with Crippen molar-refractivity contribution in [3.05, 3.63) is 64.4 Å². The first-order valence-corrected chi connectivity index (χ1v) is 9.69. The van der Waals surface area contributed by atoms with E-state index >= 15 is 0 Å². The fraction of sp³-hybridized carbons (Fsp3) is 0.250. The van der Waals surface area contributed by atoms with E-state index in [4.69, 9.17) is 5.73 Å². The third-order valence-electron chi connectivity index (χ3n) is 4.88. The lowest BCUT2D eigenvalue weighted by atomic mass is 10.0. The first-order valence-electron chi connectivity index (χ1n) is 8.90. The maximum atomic E-state index is 11.7. The van der Waals surface area contributed by atoms with Crippen LogP contribution in [0.5, 0.6) is 0 Å². The van der Waals surface area contributed by atoms with Crippen molar-refractivity contribution in [2.75, 3.05) is 25.0 Å². The number of nitrogens with two attached hydrogens (primary N) is 1. The van der Waals surface area contributed by atoms with Crippen molar-refractivity contribution in [3.63, 3.8) is 0 Å². The number of rotatable bonds is 6. The Morgan fingerprint density at radius 2 is 2.04 bits per heavy atom. The Labute approximate surface area is 165 Å². The number of benzene rings is 2. The molecule has 0 aliphatic carbocycles. The number of amides is 1. The van der Waals surface area contributed by atoms with Gasteiger partial charge in [0.25, 0.3) is 5.91 Å². The summed E-state index contributed by atoms with van der Waals surface area (Å²) in [4.78, 5) is 22.9. The monoisotopic (exact) mass is 425 g/mol. The molecule has 0 spiro atoms. The molecule has 1 atom stereocenters. The summed E-state index contributed by atoms with van der Waals surface area (Å²) in [5.74, 6) is 0.211. The van der Waals surface area contributed by atoms with Gasteiger partial charge < -0.3 is 16.0 Å². The van der Waals surface area contributed by atoms with Crippen molar-refractivity contribution >= 4 is 38.6 Å². The molecule has 3 N–H and O–H groups in total. The van der Waals surface area contributed by atoms with Crippen LogP contribution in [-0.4, -0.2) is 40.4 Å². The van der Waals surface area contributed by atoms with E-state index in [2.05, 4.69) is 48.2 Å². The third kappa shape index (κ3) is 3.79. The molecular weight excluding hydrogens is 406 g/mol. The zero-order valence-corrected chi connectivity index (χ0v) is 16.3. The lowest BCUT2D eigenvalue weighted by molar-refractivity contribution is 0.100. The number of halogens is 1. The molecule has 6 nitrogen and oxygen atoms in total. The van der Waals surface area contributed by atoms with Crippen molar-refractivity contribution in [2.24, 2.45) is 5.73 Å². The Bertz CT molecular complexity index is 989. The fourth-order valence-corrected chi connectivity index (χ4v) is 3.76. The summed E-state index contributed by atoms with van der Waals surface area (Å²) in [6.45, 7) is 3.11. The van der Waals surface area contributed by atoms with Gasteiger partial charge in [-0.15, -0.1) is 0 Å². The van der Waals surface area contributed by atoms with E-state index in [9.17, 15) is 4.79 Å². The molecule has 4 rings (SSSR count). The fourth-order valence-electron chi connectivity index (χ4n) is 3.35. The van der Waals surface area contributed by atoms with Crippen LogP contribution in [0.2, 0.25) is 0 Å². The van der Waals surface area contributed by atoms with Gasteiger partial charge in [-0.1, -0.05) is 34.1 Å². The van der Waals surface area contributed by atoms with Crippen molar-refractivity contribution in [3.8, 4) is 0 Å². The first-order chi connectivity index (χ1) is 13.1. The van der Waals surface area contributed by atoms with Gasteiger partial charge in [0.1, 0.15) is 12.1 Å². The van der Waals surface area contributed by atoms with Gasteiger partial charge in [0.05, 0.1) is 17.1 Å². The Morgan fingerprint density at radius 3 is 2.74 bits per heavy atom. The minimum absolute atomic E-state index is 0.0677. The number of nitrogens with zero attached hydrogens (tertiary/aromatic N) is 3. The number of aromatic nitrogens is 2. The topological polar surface area (TPSA) is 84.1 Å². The second-order valence-electron chi connectivity index (χ2n) is 6.69. The average molecular weight is 426 g/mol. The van der Waals surface area contributed by atoms with E-state index in [-0.39, 0.29) is 6.04 Å². The molecular formula is C20H20BrN5O. The molecule has 2 aromatic carbocycles. The highest BCUT2D eigenvalue weighted by Crippen LogP contribution is 2.28. The Morgan fingerprint density at radius 1 is 1.22 bits per heavy atom. The van der Waals surface area contributed by atoms with Crippen LogP contribution in [0.25, 0.3) is 10.9 Å². The van der Waals surface area contributed by atoms with Crippen molar-refractivity contribution in [2.45, 2.75) is 12.5 Å². The molecule has 1 fully saturated rings. The van der Waals surface area contributed by atoms with E-state index in [1.165, 1.54) is 18.3 Å². The Hall–Kier alpha value is -2.51. The predicted octanol–water partition coefficient (Wildman–Crippen LogP) is 3.35. The average Bonchev–Trinajstić information content (AvgIpc) is 2.63. The molecule has 1 saturated heterocycles. The molecule has 138 valence electrons. The van der Waals surface area contributed by atoms with Crippen LogP contribution >= 0.6 is 15.9 Å². The minimum Gasteiger partial charge on any atom is -0.366 e. The van der Waals surface area contributed by atoms with Crippen molar-refractivity contribution < 1.29 is 4.79 Å². The maximum absolute atomic E-state index is 11.7. The summed E-state index contributed by atoms with van der Waals surface area (Å²) in [5, 5.41) is 4.35. The standard InChI is InChI=1S/C20H20BrN5O/c21-14-5-1-4-13(10-14)17(11-26-8-3-9-26)25-20-16-7-2-6-15(19(22)27)18(16)23-12-24-20/h1-2,4-7,10,12,17H,3,8-9,11H2,(H2,22,27)(H,23,24,25). The smallest absolute Gasteiger partial charge is 0.250 e. The molecule has 0 bridgehead atoms. The second kappa shape index (κ2) is 7.62. The molecule has 27 heavy (non-hydrogen) atoms. The summed E-state index contributed by atoms with van der Waals surface area (Å²) >= 11 is 3.56. The first kappa shape index (κ1) is 17.9. The molecule has 7 heteroatoms. The van der Waals surface area contributed by atoms with E-state index in [0.29, 0.717) is 16.9 Å². The molecule has 0 saturated carbocycles. The SMILES string of the molecule is NC(=O)c1cccc2c(NC(CN3CCC3)c3cccc(Br)c3)ncnc12. The number of hydrogen-bond acceptors (Lipinski definition) is 5. The van der Waals surface area contributed by atoms with Crippen LogP contribution in [0, 0.1) is 0 Å². The van der Waals surface area contributed by atoms with Crippen LogP contribution in [0.3, 0.4) is 0 Å². The zero-order valence-electron chi connectivity index (χ0n) is 14.7. The Kier molecular flexibility index (Phi) is 5.05. The zero-order chi connectivity index (χ0) is 18.8. The highest BCUT2D eigenvalue weighted by Gasteiger charge is 2.22. The van der Waals surface area contributed by atoms with Crippen LogP contribution < -0.4 is 11.1 Å². The molecule has 3 aromatic rings. The molecule has 0 radical (unpaired) electrons. The summed E-state index contributed by atoms with van der Waals surface area (Å²) in [7, 11) is 0. The molecule has 1 aromatic heterocycles. The van der Waals surface area contributed by atoms with Crippen LogP contribution in [0.4, 0.5) is 5.82 Å². The van der Waals surface area contributed by atoms with Crippen LogP contribution in [0.15, 0.2) is 53.3 Å². The van der Waals surface area contributed by atoms with Gasteiger partial charge in [-0.25, -0.2) is 9.97 Å². The molecule has 2 heterocycles. The summed E-state index contributed by atoms with van der Waals surface area (Å²) in [6, 6.07) is 13.8. The van der Waals surface area contributed by atoms with Gasteiger partial charge in [0, 0.05) is 16.4 Å². The van der Waals surface area contributed by atoms with E-state index in [0.717, 1.165) is 29.5 Å². The normalized spacial score (nSPS) is 15.3. The lowest BCUT2D eigenvalue weighted by Gasteiger charge is -2.35. The number of carbonyl (C=O) groups excluding carboxylic acids is 1. The van der Waals surface area contributed by atoms with E-state index in [1.54, 1.807) is 12.1 Å². The molecule has 1 amide bonds. The largest absolute Gasteiger partial charge is 0.366 e. The minimum atomic E-state index is -0.491. The Balaban J connectivity index is 1.72. The summed E-state index contributed by atoms with van der Waals surface area (Å²) < 4.78 is 1.04. The van der Waals surface area contributed by atoms with Crippen molar-refractivity contribution in [1.29, 1.82) is 0 Å². The quantitative estimate of drug-likeness (QED) is 0.632. The van der Waals surface area contributed by atoms with Crippen LogP contribution in [0.1, 0.15) is 28.4 Å². The van der Waals surface area contributed by atoms with E-state index in [1.807, 2.05) is 18.2 Å². The highest BCUT2D eigenvalue weighted by molar-refractivity contribution is 9.10. The van der Waals surface area contributed by atoms with Gasteiger partial charge in [-0.2, -0.15) is 0 Å². The number of para-hydroxylation sites is 1. The third-order valence-corrected chi connectivity index (χ3v) is 5.37. The molecule has 1 aliphatic heterocycles. The number of carbonyl (C=O) groups is 1. The summed E-state index contributed by atoms with van der Waals surface area (Å²) in [6.07, 6.45) is 2.71. The molecule has 1 unspecified atom stereocenters. The van der Waals surface area contributed by atoms with Gasteiger partial charge in [-0.3, -0.25) is 4.79 Å². The van der Waals surface area contributed by atoms with Gasteiger partial charge in [-0.05, 0) is 49.3 Å². The second-order valence-corrected chi connectivity index (χ2v) is 7.61. The van der Waals surface area contributed by atoms with Crippen molar-refractivity contribution in [1.82, 2.24) is 14.9 Å². The number of nitrogens with one attached hydrogen (secondary N) is 1. The van der Waals surface area contributed by atoms with Gasteiger partial charge in [0.15, 0.2) is 0 Å².